The fourth-order valence-corrected chi connectivity index (χ4v) is 1.66. The highest BCUT2D eigenvalue weighted by Crippen LogP contribution is 2.18. The molecule has 1 rings (SSSR count). The van der Waals surface area contributed by atoms with Crippen molar-refractivity contribution in [1.82, 2.24) is 0 Å². The van der Waals surface area contributed by atoms with Crippen LogP contribution in [0, 0.1) is 17.6 Å². The molecule has 19 heavy (non-hydrogen) atoms. The second-order valence-corrected chi connectivity index (χ2v) is 3.94. The molecule has 0 spiro atoms. The number of hydrogen-bond donors (Lipinski definition) is 0. The molecule has 0 heterocycles. The van der Waals surface area contributed by atoms with Crippen molar-refractivity contribution in [1.29, 1.82) is 0 Å². The van der Waals surface area contributed by atoms with Crippen molar-refractivity contribution in [3.05, 3.63) is 35.4 Å². The number of esters is 2. The molecule has 0 aromatic heterocycles. The summed E-state index contributed by atoms with van der Waals surface area (Å²) in [7, 11) is 2.34. The SMILES string of the molecule is COC(=O)CC(Cc1cc(F)ccc1F)C(=O)OC. The van der Waals surface area contributed by atoms with E-state index < -0.39 is 29.5 Å². The first-order chi connectivity index (χ1) is 8.97. The van der Waals surface area contributed by atoms with Crippen molar-refractivity contribution in [3.8, 4) is 0 Å². The molecule has 1 atom stereocenters. The van der Waals surface area contributed by atoms with Crippen molar-refractivity contribution in [2.75, 3.05) is 14.2 Å². The third kappa shape index (κ3) is 4.31. The van der Waals surface area contributed by atoms with Gasteiger partial charge in [0.1, 0.15) is 11.6 Å². The lowest BCUT2D eigenvalue weighted by molar-refractivity contribution is -0.152. The molecule has 1 aromatic rings. The smallest absolute Gasteiger partial charge is 0.309 e. The molecule has 4 nitrogen and oxygen atoms in total. The lowest BCUT2D eigenvalue weighted by Crippen LogP contribution is -2.23. The summed E-state index contributed by atoms with van der Waals surface area (Å²) in [6.45, 7) is 0. The van der Waals surface area contributed by atoms with Gasteiger partial charge in [0.25, 0.3) is 0 Å². The Labute approximate surface area is 109 Å². The minimum absolute atomic E-state index is 0.0132. The Kier molecular flexibility index (Phi) is 5.41. The molecule has 0 aliphatic heterocycles. The Hall–Kier alpha value is -1.98. The van der Waals surface area contributed by atoms with E-state index in [1.807, 2.05) is 0 Å². The van der Waals surface area contributed by atoms with Gasteiger partial charge in [-0.25, -0.2) is 8.78 Å². The van der Waals surface area contributed by atoms with E-state index in [4.69, 9.17) is 0 Å². The largest absolute Gasteiger partial charge is 0.469 e. The van der Waals surface area contributed by atoms with E-state index in [2.05, 4.69) is 9.47 Å². The molecule has 0 aliphatic rings. The predicted octanol–water partition coefficient (Wildman–Crippen LogP) is 1.86. The first kappa shape index (κ1) is 15.1. The zero-order valence-electron chi connectivity index (χ0n) is 10.6. The number of benzene rings is 1. The zero-order valence-corrected chi connectivity index (χ0v) is 10.6. The van der Waals surface area contributed by atoms with Gasteiger partial charge in [-0.05, 0) is 30.2 Å². The van der Waals surface area contributed by atoms with Gasteiger partial charge in [-0.2, -0.15) is 0 Å². The van der Waals surface area contributed by atoms with E-state index in [1.54, 1.807) is 0 Å². The lowest BCUT2D eigenvalue weighted by atomic mass is 9.96. The maximum absolute atomic E-state index is 13.5. The molecule has 0 amide bonds. The van der Waals surface area contributed by atoms with Gasteiger partial charge in [-0.15, -0.1) is 0 Å². The van der Waals surface area contributed by atoms with E-state index in [-0.39, 0.29) is 18.4 Å². The number of methoxy groups -OCH3 is 2. The second kappa shape index (κ2) is 6.82. The number of hydrogen-bond acceptors (Lipinski definition) is 4. The van der Waals surface area contributed by atoms with Crippen LogP contribution in [0.25, 0.3) is 0 Å². The Morgan fingerprint density at radius 3 is 2.47 bits per heavy atom. The van der Waals surface area contributed by atoms with Crippen molar-refractivity contribution in [2.24, 2.45) is 5.92 Å². The summed E-state index contributed by atoms with van der Waals surface area (Å²) >= 11 is 0. The van der Waals surface area contributed by atoms with Gasteiger partial charge in [-0.3, -0.25) is 9.59 Å². The summed E-state index contributed by atoms with van der Waals surface area (Å²) in [5, 5.41) is 0. The van der Waals surface area contributed by atoms with Crippen LogP contribution < -0.4 is 0 Å². The third-order valence-electron chi connectivity index (χ3n) is 2.65. The molecular weight excluding hydrogens is 258 g/mol. The molecule has 0 bridgehead atoms. The fourth-order valence-electron chi connectivity index (χ4n) is 1.66. The van der Waals surface area contributed by atoms with Crippen LogP contribution in [0.4, 0.5) is 8.78 Å². The van der Waals surface area contributed by atoms with Crippen molar-refractivity contribution >= 4 is 11.9 Å². The summed E-state index contributed by atoms with van der Waals surface area (Å²) in [6.07, 6.45) is -0.384. The molecule has 1 aromatic carbocycles. The first-order valence-corrected chi connectivity index (χ1v) is 5.56. The van der Waals surface area contributed by atoms with Crippen LogP contribution in [0.2, 0.25) is 0 Å². The van der Waals surface area contributed by atoms with E-state index in [0.717, 1.165) is 25.3 Å². The molecule has 0 saturated heterocycles. The number of carbonyl (C=O) groups excluding carboxylic acids is 2. The maximum atomic E-state index is 13.5. The van der Waals surface area contributed by atoms with Gasteiger partial charge in [0.15, 0.2) is 0 Å². The van der Waals surface area contributed by atoms with E-state index in [1.165, 1.54) is 7.11 Å². The monoisotopic (exact) mass is 272 g/mol. The molecule has 1 unspecified atom stereocenters. The molecule has 104 valence electrons. The molecule has 0 aliphatic carbocycles. The molecule has 0 N–H and O–H groups in total. The van der Waals surface area contributed by atoms with Crippen LogP contribution >= 0.6 is 0 Å². The molecule has 0 radical (unpaired) electrons. The minimum Gasteiger partial charge on any atom is -0.469 e. The zero-order chi connectivity index (χ0) is 14.4. The van der Waals surface area contributed by atoms with Crippen LogP contribution in [0.3, 0.4) is 0 Å². The van der Waals surface area contributed by atoms with Crippen LogP contribution in [0.15, 0.2) is 18.2 Å². The van der Waals surface area contributed by atoms with Gasteiger partial charge in [0.2, 0.25) is 0 Å². The molecule has 6 heteroatoms. The van der Waals surface area contributed by atoms with Gasteiger partial charge >= 0.3 is 11.9 Å². The fraction of sp³-hybridized carbons (Fsp3) is 0.385. The predicted molar refractivity (Wildman–Crippen MR) is 62.2 cm³/mol. The highest BCUT2D eigenvalue weighted by atomic mass is 19.1. The molecule has 0 saturated carbocycles. The quantitative estimate of drug-likeness (QED) is 0.768. The average Bonchev–Trinajstić information content (AvgIpc) is 2.40. The highest BCUT2D eigenvalue weighted by molar-refractivity contribution is 5.80. The van der Waals surface area contributed by atoms with Crippen molar-refractivity contribution in [2.45, 2.75) is 12.8 Å². The summed E-state index contributed by atoms with van der Waals surface area (Å²) < 4.78 is 35.5. The standard InChI is InChI=1S/C13H14F2O4/c1-18-12(16)7-9(13(17)19-2)5-8-6-10(14)3-4-11(8)15/h3-4,6,9H,5,7H2,1-2H3. The van der Waals surface area contributed by atoms with Gasteiger partial charge in [-0.1, -0.05) is 0 Å². The maximum Gasteiger partial charge on any atom is 0.309 e. The first-order valence-electron chi connectivity index (χ1n) is 5.56. The summed E-state index contributed by atoms with van der Waals surface area (Å²) in [5.74, 6) is -3.45. The second-order valence-electron chi connectivity index (χ2n) is 3.94. The summed E-state index contributed by atoms with van der Waals surface area (Å²) in [6, 6.07) is 2.94. The van der Waals surface area contributed by atoms with E-state index >= 15 is 0 Å². The summed E-state index contributed by atoms with van der Waals surface area (Å²) in [4.78, 5) is 22.7. The van der Waals surface area contributed by atoms with E-state index in [9.17, 15) is 18.4 Å². The third-order valence-corrected chi connectivity index (χ3v) is 2.65. The van der Waals surface area contributed by atoms with Crippen LogP contribution in [-0.2, 0) is 25.5 Å². The Morgan fingerprint density at radius 1 is 1.21 bits per heavy atom. The van der Waals surface area contributed by atoms with Gasteiger partial charge in [0, 0.05) is 0 Å². The topological polar surface area (TPSA) is 52.6 Å². The Bertz CT molecular complexity index is 474. The van der Waals surface area contributed by atoms with Gasteiger partial charge < -0.3 is 9.47 Å². The molecular formula is C13H14F2O4. The number of halogens is 2. The lowest BCUT2D eigenvalue weighted by Gasteiger charge is -2.14. The average molecular weight is 272 g/mol. The van der Waals surface area contributed by atoms with E-state index in [0.29, 0.717) is 0 Å². The van der Waals surface area contributed by atoms with Crippen molar-refractivity contribution in [3.63, 3.8) is 0 Å². The Balaban J connectivity index is 2.90. The number of carbonyl (C=O) groups is 2. The number of rotatable bonds is 5. The van der Waals surface area contributed by atoms with Crippen molar-refractivity contribution < 1.29 is 27.8 Å². The number of ether oxygens (including phenoxy) is 2. The Morgan fingerprint density at radius 2 is 1.89 bits per heavy atom. The van der Waals surface area contributed by atoms with Crippen LogP contribution in [0.5, 0.6) is 0 Å². The normalized spacial score (nSPS) is 11.8. The highest BCUT2D eigenvalue weighted by Gasteiger charge is 2.25. The summed E-state index contributed by atoms with van der Waals surface area (Å²) in [5.41, 5.74) is 0.0132. The van der Waals surface area contributed by atoms with Crippen LogP contribution in [0.1, 0.15) is 12.0 Å². The van der Waals surface area contributed by atoms with Crippen LogP contribution in [-0.4, -0.2) is 26.2 Å². The molecule has 0 fully saturated rings. The van der Waals surface area contributed by atoms with Gasteiger partial charge in [0.05, 0.1) is 26.6 Å². The minimum atomic E-state index is -0.909.